The number of nitrogens with one attached hydrogen (secondary N) is 2. The second-order valence-corrected chi connectivity index (χ2v) is 9.44. The van der Waals surface area contributed by atoms with Gasteiger partial charge in [-0.15, -0.1) is 0 Å². The van der Waals surface area contributed by atoms with Crippen molar-refractivity contribution < 1.29 is 48.7 Å². The molecule has 0 aliphatic rings. The molecule has 0 heterocycles. The van der Waals surface area contributed by atoms with Crippen molar-refractivity contribution >= 4 is 52.2 Å². The predicted octanol–water partition coefficient (Wildman–Crippen LogP) is 10.1. The summed E-state index contributed by atoms with van der Waals surface area (Å²) in [5, 5.41) is -1.04. The van der Waals surface area contributed by atoms with Gasteiger partial charge >= 0.3 is 18.5 Å². The average molecular weight is 654 g/mol. The molecule has 3 nitrogen and oxygen atoms in total. The van der Waals surface area contributed by atoms with Crippen molar-refractivity contribution in [3.63, 3.8) is 0 Å². The zero-order valence-electron chi connectivity index (χ0n) is 19.7. The number of allylic oxidation sites excluding steroid dienone is 1. The van der Waals surface area contributed by atoms with Crippen LogP contribution in [-0.2, 0) is 12.4 Å². The van der Waals surface area contributed by atoms with Gasteiger partial charge in [0.25, 0.3) is 5.91 Å². The van der Waals surface area contributed by atoms with Crippen LogP contribution in [0.3, 0.4) is 0 Å². The lowest BCUT2D eigenvalue weighted by atomic mass is 9.95. The quantitative estimate of drug-likeness (QED) is 0.158. The fourth-order valence-electron chi connectivity index (χ4n) is 3.47. The number of rotatable bonds is 6. The zero-order chi connectivity index (χ0) is 30.9. The minimum Gasteiger partial charge on any atom is -0.298 e. The third-order valence-corrected chi connectivity index (χ3v) is 6.58. The minimum absolute atomic E-state index is 0.000319. The van der Waals surface area contributed by atoms with Crippen molar-refractivity contribution in [2.24, 2.45) is 0 Å². The van der Waals surface area contributed by atoms with E-state index in [4.69, 9.17) is 34.8 Å². The summed E-state index contributed by atoms with van der Waals surface area (Å²) in [5.41, 5.74) is -2.05. The molecule has 0 bridgehead atoms. The molecular weight excluding hydrogens is 641 g/mol. The van der Waals surface area contributed by atoms with Gasteiger partial charge < -0.3 is 0 Å². The van der Waals surface area contributed by atoms with Gasteiger partial charge in [-0.3, -0.25) is 15.6 Å². The number of hydrogen-bond acceptors (Lipinski definition) is 2. The molecule has 2 N–H and O–H groups in total. The summed E-state index contributed by atoms with van der Waals surface area (Å²) < 4.78 is 136. The lowest BCUT2D eigenvalue weighted by molar-refractivity contribution is -0.140. The van der Waals surface area contributed by atoms with E-state index in [1.165, 1.54) is 0 Å². The van der Waals surface area contributed by atoms with Gasteiger partial charge in [0, 0.05) is 5.56 Å². The van der Waals surface area contributed by atoms with E-state index in [1.54, 1.807) is 5.43 Å². The van der Waals surface area contributed by atoms with E-state index in [1.807, 2.05) is 5.43 Å². The van der Waals surface area contributed by atoms with E-state index in [2.05, 4.69) is 0 Å². The smallest absolute Gasteiger partial charge is 0.298 e. The molecule has 220 valence electrons. The summed E-state index contributed by atoms with van der Waals surface area (Å²) in [6, 6.07) is 6.11. The van der Waals surface area contributed by atoms with E-state index in [9.17, 15) is 48.7 Å². The van der Waals surface area contributed by atoms with Crippen LogP contribution in [0.15, 0.2) is 60.7 Å². The predicted molar refractivity (Wildman–Crippen MR) is 133 cm³/mol. The van der Waals surface area contributed by atoms with Crippen LogP contribution in [0.25, 0.3) is 5.83 Å². The highest BCUT2D eigenvalue weighted by Gasteiger charge is 2.41. The molecule has 0 fully saturated rings. The number of alkyl halides is 9. The highest BCUT2D eigenvalue weighted by Crippen LogP contribution is 2.43. The standard InChI is InChI=1S/C25H13Cl3F10N2O/c26-18-7-12(8-19(27)21(18)28)16(24(33,34)35)10-20(29)11-4-5-15(17(6-11)25(36,37)38)22(41)40-39-14-3-1-2-13(9-14)23(30,31)32/h1-10,16,39H,(H,40,41). The Morgan fingerprint density at radius 2 is 1.41 bits per heavy atom. The van der Waals surface area contributed by atoms with Crippen LogP contribution in [0.5, 0.6) is 0 Å². The number of hydrazine groups is 1. The molecule has 41 heavy (non-hydrogen) atoms. The molecule has 3 aromatic carbocycles. The van der Waals surface area contributed by atoms with Gasteiger partial charge in [-0.25, -0.2) is 4.39 Å². The third kappa shape index (κ3) is 7.98. The van der Waals surface area contributed by atoms with Crippen LogP contribution in [0.4, 0.5) is 49.6 Å². The molecule has 1 unspecified atom stereocenters. The van der Waals surface area contributed by atoms with Gasteiger partial charge in [-0.2, -0.15) is 39.5 Å². The van der Waals surface area contributed by atoms with Crippen LogP contribution in [0.1, 0.15) is 38.5 Å². The van der Waals surface area contributed by atoms with E-state index in [0.29, 0.717) is 18.2 Å². The lowest BCUT2D eigenvalue weighted by Gasteiger charge is -2.19. The molecule has 0 aromatic heterocycles. The van der Waals surface area contributed by atoms with Gasteiger partial charge in [0.1, 0.15) is 11.7 Å². The number of anilines is 1. The maximum atomic E-state index is 15.0. The summed E-state index contributed by atoms with van der Waals surface area (Å²) in [6.45, 7) is 0. The lowest BCUT2D eigenvalue weighted by Crippen LogP contribution is -2.31. The number of carbonyl (C=O) groups is 1. The van der Waals surface area contributed by atoms with Gasteiger partial charge in [0.05, 0.1) is 37.4 Å². The first-order chi connectivity index (χ1) is 18.8. The Morgan fingerprint density at radius 1 is 0.805 bits per heavy atom. The van der Waals surface area contributed by atoms with Gasteiger partial charge in [-0.1, -0.05) is 46.9 Å². The van der Waals surface area contributed by atoms with Gasteiger partial charge in [0.2, 0.25) is 0 Å². The molecule has 16 heteroatoms. The van der Waals surface area contributed by atoms with Crippen LogP contribution in [-0.4, -0.2) is 12.1 Å². The maximum absolute atomic E-state index is 15.0. The minimum atomic E-state index is -5.29. The van der Waals surface area contributed by atoms with Crippen molar-refractivity contribution in [2.45, 2.75) is 24.4 Å². The van der Waals surface area contributed by atoms with Crippen molar-refractivity contribution in [2.75, 3.05) is 5.43 Å². The average Bonchev–Trinajstić information content (AvgIpc) is 2.86. The highest BCUT2D eigenvalue weighted by atomic mass is 35.5. The topological polar surface area (TPSA) is 41.1 Å². The Balaban J connectivity index is 1.96. The molecule has 0 aliphatic heterocycles. The van der Waals surface area contributed by atoms with Crippen LogP contribution < -0.4 is 10.9 Å². The molecule has 0 spiro atoms. The largest absolute Gasteiger partial charge is 0.417 e. The summed E-state index contributed by atoms with van der Waals surface area (Å²) in [6.07, 6.45) is -15.2. The molecule has 0 saturated heterocycles. The Kier molecular flexibility index (Phi) is 9.46. The Labute approximate surface area is 239 Å². The Hall–Kier alpha value is -3.16. The second-order valence-electron chi connectivity index (χ2n) is 8.25. The number of benzene rings is 3. The van der Waals surface area contributed by atoms with Crippen LogP contribution in [0.2, 0.25) is 15.1 Å². The van der Waals surface area contributed by atoms with E-state index < -0.39 is 64.0 Å². The molecule has 0 aliphatic carbocycles. The first-order valence-electron chi connectivity index (χ1n) is 10.8. The van der Waals surface area contributed by atoms with Gasteiger partial charge in [0.15, 0.2) is 0 Å². The first kappa shape index (κ1) is 32.4. The number of halogens is 13. The second kappa shape index (κ2) is 12.0. The maximum Gasteiger partial charge on any atom is 0.417 e. The summed E-state index contributed by atoms with van der Waals surface area (Å²) in [5.74, 6) is -5.91. The van der Waals surface area contributed by atoms with Crippen molar-refractivity contribution in [3.05, 3.63) is 104 Å². The number of amides is 1. The van der Waals surface area contributed by atoms with Crippen molar-refractivity contribution in [1.29, 1.82) is 0 Å². The molecule has 1 amide bonds. The highest BCUT2D eigenvalue weighted by molar-refractivity contribution is 6.48. The number of carbonyl (C=O) groups excluding carboxylic acids is 1. The van der Waals surface area contributed by atoms with E-state index >= 15 is 0 Å². The molecule has 0 radical (unpaired) electrons. The van der Waals surface area contributed by atoms with Crippen molar-refractivity contribution in [1.82, 2.24) is 5.43 Å². The monoisotopic (exact) mass is 652 g/mol. The Morgan fingerprint density at radius 3 is 1.95 bits per heavy atom. The van der Waals surface area contributed by atoms with E-state index in [-0.39, 0.29) is 32.9 Å². The number of hydrogen-bond donors (Lipinski definition) is 2. The normalized spacial score (nSPS) is 13.6. The Bertz CT molecular complexity index is 1460. The molecule has 0 saturated carbocycles. The fourth-order valence-corrected chi connectivity index (χ4v) is 4.08. The summed E-state index contributed by atoms with van der Waals surface area (Å²) >= 11 is 17.3. The molecule has 3 aromatic rings. The zero-order valence-corrected chi connectivity index (χ0v) is 21.9. The molecule has 3 rings (SSSR count). The molecule has 1 atom stereocenters. The summed E-state index contributed by atoms with van der Waals surface area (Å²) in [4.78, 5) is 12.4. The first-order valence-corrected chi connectivity index (χ1v) is 12.0. The van der Waals surface area contributed by atoms with Crippen LogP contribution >= 0.6 is 34.8 Å². The van der Waals surface area contributed by atoms with Gasteiger partial charge in [-0.05, 0) is 54.1 Å². The third-order valence-electron chi connectivity index (χ3n) is 5.39. The summed E-state index contributed by atoms with van der Waals surface area (Å²) in [7, 11) is 0. The fraction of sp³-hybridized carbons (Fsp3) is 0.160. The van der Waals surface area contributed by atoms with E-state index in [0.717, 1.165) is 30.3 Å². The van der Waals surface area contributed by atoms with Crippen LogP contribution in [0, 0.1) is 0 Å². The molecular formula is C25H13Cl3F10N2O. The SMILES string of the molecule is O=C(NNc1cccc(C(F)(F)F)c1)c1ccc(C(F)=CC(c2cc(Cl)c(Cl)c(Cl)c2)C(F)(F)F)cc1C(F)(F)F. The van der Waals surface area contributed by atoms with Crippen molar-refractivity contribution in [3.8, 4) is 0 Å².